The molecule has 0 saturated carbocycles. The molecule has 0 amide bonds. The molecular weight excluding hydrogens is 398 g/mol. The Balaban J connectivity index is 1.55. The van der Waals surface area contributed by atoms with Crippen molar-refractivity contribution in [2.45, 2.75) is 6.54 Å². The Morgan fingerprint density at radius 3 is 2.71 bits per heavy atom. The third kappa shape index (κ3) is 3.71. The Bertz CT molecular complexity index is 1230. The van der Waals surface area contributed by atoms with Crippen molar-refractivity contribution in [3.63, 3.8) is 0 Å². The summed E-state index contributed by atoms with van der Waals surface area (Å²) in [6.45, 7) is 3.75. The lowest BCUT2D eigenvalue weighted by Crippen LogP contribution is -2.35. The van der Waals surface area contributed by atoms with Gasteiger partial charge in [0, 0.05) is 37.3 Å². The summed E-state index contributed by atoms with van der Waals surface area (Å²) in [5.74, 6) is 1.43. The fourth-order valence-corrected chi connectivity index (χ4v) is 3.77. The molecule has 1 saturated heterocycles. The number of benzene rings is 1. The predicted octanol–water partition coefficient (Wildman–Crippen LogP) is 2.11. The van der Waals surface area contributed by atoms with Crippen molar-refractivity contribution in [3.8, 4) is 28.5 Å². The van der Waals surface area contributed by atoms with Gasteiger partial charge in [0.25, 0.3) is 0 Å². The third-order valence-electron chi connectivity index (χ3n) is 5.43. The van der Waals surface area contributed by atoms with Gasteiger partial charge in [0.2, 0.25) is 17.7 Å². The van der Waals surface area contributed by atoms with Gasteiger partial charge in [-0.2, -0.15) is 5.10 Å². The quantitative estimate of drug-likeness (QED) is 0.517. The highest BCUT2D eigenvalue weighted by molar-refractivity contribution is 5.96. The number of anilines is 1. The zero-order valence-corrected chi connectivity index (χ0v) is 17.4. The first-order valence-electron chi connectivity index (χ1n) is 10.0. The van der Waals surface area contributed by atoms with Crippen LogP contribution in [0.4, 0.5) is 5.69 Å². The van der Waals surface area contributed by atoms with E-state index in [-0.39, 0.29) is 0 Å². The lowest BCUT2D eigenvalue weighted by molar-refractivity contribution is 0.0306. The van der Waals surface area contributed by atoms with Gasteiger partial charge in [-0.15, -0.1) is 10.2 Å². The molecule has 10 heteroatoms. The first-order valence-corrected chi connectivity index (χ1v) is 10.0. The van der Waals surface area contributed by atoms with Crippen molar-refractivity contribution in [3.05, 3.63) is 36.5 Å². The predicted molar refractivity (Wildman–Crippen MR) is 114 cm³/mol. The third-order valence-corrected chi connectivity index (χ3v) is 5.43. The Morgan fingerprint density at radius 1 is 1.10 bits per heavy atom. The molecule has 4 heterocycles. The van der Waals surface area contributed by atoms with Gasteiger partial charge in [-0.1, -0.05) is 0 Å². The summed E-state index contributed by atoms with van der Waals surface area (Å²) in [5, 5.41) is 13.9. The molecule has 0 unspecified atom stereocenters. The Kier molecular flexibility index (Phi) is 5.00. The lowest BCUT2D eigenvalue weighted by atomic mass is 10.0. The molecule has 10 nitrogen and oxygen atoms in total. The topological polar surface area (TPSA) is 117 Å². The van der Waals surface area contributed by atoms with E-state index in [0.29, 0.717) is 29.9 Å². The molecule has 5 rings (SSSR count). The van der Waals surface area contributed by atoms with E-state index in [2.05, 4.69) is 25.2 Å². The van der Waals surface area contributed by atoms with Crippen LogP contribution in [0.25, 0.3) is 33.5 Å². The zero-order chi connectivity index (χ0) is 21.4. The number of nitrogens with two attached hydrogens (primary N) is 1. The zero-order valence-electron chi connectivity index (χ0n) is 17.4. The summed E-state index contributed by atoms with van der Waals surface area (Å²) in [5.41, 5.74) is 10.1. The number of nitrogens with zero attached hydrogens (tertiary/aromatic N) is 6. The fraction of sp³-hybridized carbons (Fsp3) is 0.333. The standard InChI is InChI=1S/C21H23N7O3/c1-27-18-9-13(14-8-17(22)21(29-2)23-10-14)7-15(16(18)11-24-27)20-26-25-19(31-20)12-28-3-5-30-6-4-28/h7-11H,3-6,12,22H2,1-2H3. The smallest absolute Gasteiger partial charge is 0.248 e. The summed E-state index contributed by atoms with van der Waals surface area (Å²) < 4.78 is 18.4. The van der Waals surface area contributed by atoms with Gasteiger partial charge >= 0.3 is 0 Å². The van der Waals surface area contributed by atoms with E-state index < -0.39 is 0 Å². The largest absolute Gasteiger partial charge is 0.480 e. The number of hydrogen-bond acceptors (Lipinski definition) is 9. The second-order valence-electron chi connectivity index (χ2n) is 7.44. The molecule has 0 radical (unpaired) electrons. The summed E-state index contributed by atoms with van der Waals surface area (Å²) in [6, 6.07) is 5.88. The number of rotatable bonds is 5. The van der Waals surface area contributed by atoms with Crippen LogP contribution in [-0.4, -0.2) is 63.3 Å². The summed E-state index contributed by atoms with van der Waals surface area (Å²) in [6.07, 6.45) is 3.54. The molecule has 4 aromatic rings. The number of methoxy groups -OCH3 is 1. The van der Waals surface area contributed by atoms with E-state index in [4.69, 9.17) is 19.6 Å². The van der Waals surface area contributed by atoms with Crippen LogP contribution < -0.4 is 10.5 Å². The van der Waals surface area contributed by atoms with Crippen LogP contribution in [0.2, 0.25) is 0 Å². The summed E-state index contributed by atoms with van der Waals surface area (Å²) in [4.78, 5) is 6.54. The van der Waals surface area contributed by atoms with Crippen molar-refractivity contribution in [1.82, 2.24) is 29.9 Å². The van der Waals surface area contributed by atoms with Gasteiger partial charge in [-0.25, -0.2) is 4.98 Å². The van der Waals surface area contributed by atoms with Crippen LogP contribution in [0.3, 0.4) is 0 Å². The molecular formula is C21H23N7O3. The Labute approximate surface area is 178 Å². The minimum Gasteiger partial charge on any atom is -0.480 e. The van der Waals surface area contributed by atoms with Crippen LogP contribution >= 0.6 is 0 Å². The molecule has 0 bridgehead atoms. The maximum atomic E-state index is 6.07. The lowest BCUT2D eigenvalue weighted by Gasteiger charge is -2.24. The van der Waals surface area contributed by atoms with Gasteiger partial charge in [0.15, 0.2) is 0 Å². The SMILES string of the molecule is COc1ncc(-c2cc(-c3nnc(CN4CCOCC4)o3)c3cnn(C)c3c2)cc1N. The first kappa shape index (κ1) is 19.5. The maximum absolute atomic E-state index is 6.07. The van der Waals surface area contributed by atoms with E-state index in [1.54, 1.807) is 19.5 Å². The minimum atomic E-state index is 0.398. The van der Waals surface area contributed by atoms with Crippen molar-refractivity contribution >= 4 is 16.6 Å². The molecule has 1 aliphatic heterocycles. The van der Waals surface area contributed by atoms with Gasteiger partial charge in [-0.3, -0.25) is 9.58 Å². The highest BCUT2D eigenvalue weighted by atomic mass is 16.5. The molecule has 3 aromatic heterocycles. The normalized spacial score (nSPS) is 14.9. The molecule has 0 aliphatic carbocycles. The van der Waals surface area contributed by atoms with Gasteiger partial charge < -0.3 is 19.6 Å². The van der Waals surface area contributed by atoms with Crippen LogP contribution in [0.1, 0.15) is 5.89 Å². The van der Waals surface area contributed by atoms with E-state index in [1.165, 1.54) is 0 Å². The average Bonchev–Trinajstić information content (AvgIpc) is 3.41. The number of aryl methyl sites for hydroxylation is 1. The van der Waals surface area contributed by atoms with Gasteiger partial charge in [0.1, 0.15) is 0 Å². The summed E-state index contributed by atoms with van der Waals surface area (Å²) >= 11 is 0. The monoisotopic (exact) mass is 421 g/mol. The molecule has 2 N–H and O–H groups in total. The molecule has 0 atom stereocenters. The van der Waals surface area contributed by atoms with Gasteiger partial charge in [0.05, 0.1) is 49.8 Å². The fourth-order valence-electron chi connectivity index (χ4n) is 3.77. The van der Waals surface area contributed by atoms with Crippen LogP contribution in [-0.2, 0) is 18.3 Å². The molecule has 1 aromatic carbocycles. The number of fused-ring (bicyclic) bond motifs is 1. The van der Waals surface area contributed by atoms with E-state index in [0.717, 1.165) is 53.9 Å². The first-order chi connectivity index (χ1) is 15.1. The van der Waals surface area contributed by atoms with Crippen molar-refractivity contribution in [1.29, 1.82) is 0 Å². The van der Waals surface area contributed by atoms with E-state index >= 15 is 0 Å². The average molecular weight is 421 g/mol. The van der Waals surface area contributed by atoms with Crippen LogP contribution in [0.15, 0.2) is 35.0 Å². The van der Waals surface area contributed by atoms with E-state index in [9.17, 15) is 0 Å². The molecule has 1 fully saturated rings. The van der Waals surface area contributed by atoms with Gasteiger partial charge in [-0.05, 0) is 23.8 Å². The maximum Gasteiger partial charge on any atom is 0.248 e. The number of pyridine rings is 1. The van der Waals surface area contributed by atoms with E-state index in [1.807, 2.05) is 29.9 Å². The minimum absolute atomic E-state index is 0.398. The number of hydrogen-bond donors (Lipinski definition) is 1. The molecule has 160 valence electrons. The highest BCUT2D eigenvalue weighted by Crippen LogP contribution is 2.34. The second kappa shape index (κ2) is 7.97. The number of morpholine rings is 1. The second-order valence-corrected chi connectivity index (χ2v) is 7.44. The molecule has 0 spiro atoms. The van der Waals surface area contributed by atoms with Crippen LogP contribution in [0, 0.1) is 0 Å². The van der Waals surface area contributed by atoms with Crippen molar-refractivity contribution in [2.24, 2.45) is 7.05 Å². The van der Waals surface area contributed by atoms with Crippen molar-refractivity contribution < 1.29 is 13.9 Å². The number of nitrogen functional groups attached to an aromatic ring is 1. The summed E-state index contributed by atoms with van der Waals surface area (Å²) in [7, 11) is 3.44. The number of aromatic nitrogens is 5. The molecule has 1 aliphatic rings. The number of ether oxygens (including phenoxy) is 2. The van der Waals surface area contributed by atoms with Crippen molar-refractivity contribution in [2.75, 3.05) is 39.1 Å². The highest BCUT2D eigenvalue weighted by Gasteiger charge is 2.19. The van der Waals surface area contributed by atoms with Crippen LogP contribution in [0.5, 0.6) is 5.88 Å². The Hall–Kier alpha value is -3.50. The molecule has 31 heavy (non-hydrogen) atoms. The Morgan fingerprint density at radius 2 is 1.94 bits per heavy atom.